The number of benzene rings is 1. The highest BCUT2D eigenvalue weighted by Gasteiger charge is 2.30. The lowest BCUT2D eigenvalue weighted by molar-refractivity contribution is 0.107. The number of nitrogens with one attached hydrogen (secondary N) is 2. The molecule has 15 heteroatoms. The van der Waals surface area contributed by atoms with Crippen LogP contribution in [0.1, 0.15) is 29.7 Å². The van der Waals surface area contributed by atoms with Crippen molar-refractivity contribution in [3.05, 3.63) is 81.6 Å². The number of H-pyrrole nitrogens is 1. The molecule has 6 rings (SSSR count). The van der Waals surface area contributed by atoms with E-state index in [-0.39, 0.29) is 23.4 Å². The number of aryl methyl sites for hydroxylation is 2. The Morgan fingerprint density at radius 1 is 1.19 bits per heavy atom. The summed E-state index contributed by atoms with van der Waals surface area (Å²) in [6.45, 7) is 2.40. The number of amides is 1. The van der Waals surface area contributed by atoms with E-state index in [4.69, 9.17) is 26.1 Å². The van der Waals surface area contributed by atoms with Gasteiger partial charge in [-0.25, -0.2) is 19.7 Å². The third-order valence-electron chi connectivity index (χ3n) is 6.80. The van der Waals surface area contributed by atoms with Crippen LogP contribution >= 0.6 is 11.6 Å². The van der Waals surface area contributed by atoms with Crippen LogP contribution < -0.4 is 10.9 Å². The molecule has 1 aromatic carbocycles. The molecule has 5 aromatic rings. The van der Waals surface area contributed by atoms with Gasteiger partial charge in [0.25, 0.3) is 5.56 Å². The van der Waals surface area contributed by atoms with E-state index in [0.29, 0.717) is 53.9 Å². The Balaban J connectivity index is 1.25. The number of rotatable bonds is 8. The lowest BCUT2D eigenvalue weighted by Gasteiger charge is -2.14. The Morgan fingerprint density at radius 2 is 2.07 bits per heavy atom. The molecule has 0 unspecified atom stereocenters. The second kappa shape index (κ2) is 11.5. The maximum absolute atomic E-state index is 13.5. The fraction of sp³-hybridized carbons (Fsp3) is 0.259. The van der Waals surface area contributed by atoms with E-state index in [1.54, 1.807) is 27.6 Å². The standard InChI is InChI=1S/C27H25ClN10O4/c1-15-3-5-19(37-14-30-35-36-37)17(11-15)18-12-23(39)38-20(6-8-22(38)31-18)26-33-24(25(28)34-26)16-4-7-21(29-13-16)32-27(40)42-10-9-41-2/h3-5,7,11-14,20H,6,8-10H2,1-2H3,(H,33,34)(H,29,32,40)/t20-/m0/s1. The van der Waals surface area contributed by atoms with Crippen molar-refractivity contribution in [3.63, 3.8) is 0 Å². The van der Waals surface area contributed by atoms with Crippen LogP contribution in [-0.4, -0.2) is 71.1 Å². The van der Waals surface area contributed by atoms with Gasteiger partial charge in [0.15, 0.2) is 5.15 Å². The molecule has 0 bridgehead atoms. The van der Waals surface area contributed by atoms with Crippen LogP contribution in [-0.2, 0) is 15.9 Å². The molecule has 0 saturated carbocycles. The Kier molecular flexibility index (Phi) is 7.46. The molecule has 4 aromatic heterocycles. The Bertz CT molecular complexity index is 1800. The zero-order valence-electron chi connectivity index (χ0n) is 22.6. The van der Waals surface area contributed by atoms with Gasteiger partial charge in [0.05, 0.1) is 29.7 Å². The largest absolute Gasteiger partial charge is 0.447 e. The smallest absolute Gasteiger partial charge is 0.412 e. The fourth-order valence-electron chi connectivity index (χ4n) is 4.86. The van der Waals surface area contributed by atoms with Crippen LogP contribution in [0.25, 0.3) is 28.2 Å². The third-order valence-corrected chi connectivity index (χ3v) is 7.07. The van der Waals surface area contributed by atoms with E-state index in [1.807, 2.05) is 25.1 Å². The van der Waals surface area contributed by atoms with E-state index < -0.39 is 6.09 Å². The van der Waals surface area contributed by atoms with Crippen molar-refractivity contribution < 1.29 is 14.3 Å². The zero-order chi connectivity index (χ0) is 29.2. The van der Waals surface area contributed by atoms with Gasteiger partial charge in [-0.05, 0) is 48.0 Å². The number of nitrogens with zero attached hydrogens (tertiary/aromatic N) is 8. The molecule has 0 radical (unpaired) electrons. The average molecular weight is 589 g/mol. The third kappa shape index (κ3) is 5.36. The second-order valence-electron chi connectivity index (χ2n) is 9.57. The number of fused-ring (bicyclic) bond motifs is 1. The van der Waals surface area contributed by atoms with Gasteiger partial charge in [0, 0.05) is 36.9 Å². The first kappa shape index (κ1) is 27.2. The number of aromatic amines is 1. The molecule has 0 aliphatic carbocycles. The minimum atomic E-state index is -0.634. The number of imidazole rings is 1. The molecule has 214 valence electrons. The highest BCUT2D eigenvalue weighted by atomic mass is 35.5. The van der Waals surface area contributed by atoms with Crippen molar-refractivity contribution in [1.29, 1.82) is 0 Å². The first-order valence-electron chi connectivity index (χ1n) is 13.0. The van der Waals surface area contributed by atoms with Gasteiger partial charge < -0.3 is 14.5 Å². The highest BCUT2D eigenvalue weighted by Crippen LogP contribution is 2.34. The number of carbonyl (C=O) groups is 1. The Labute approximate surface area is 243 Å². The molecule has 1 atom stereocenters. The number of anilines is 1. The van der Waals surface area contributed by atoms with Crippen LogP contribution in [0, 0.1) is 6.92 Å². The summed E-state index contributed by atoms with van der Waals surface area (Å²) < 4.78 is 13.0. The minimum absolute atomic E-state index is 0.130. The molecule has 0 fully saturated rings. The molecular formula is C27H25ClN10O4. The number of carbonyl (C=O) groups excluding carboxylic acids is 1. The van der Waals surface area contributed by atoms with E-state index >= 15 is 0 Å². The number of aromatic nitrogens is 9. The first-order chi connectivity index (χ1) is 20.4. The average Bonchev–Trinajstić information content (AvgIpc) is 3.74. The Morgan fingerprint density at radius 3 is 2.83 bits per heavy atom. The van der Waals surface area contributed by atoms with E-state index in [0.717, 1.165) is 16.8 Å². The molecular weight excluding hydrogens is 564 g/mol. The van der Waals surface area contributed by atoms with Crippen LogP contribution in [0.2, 0.25) is 5.15 Å². The molecule has 42 heavy (non-hydrogen) atoms. The van der Waals surface area contributed by atoms with Gasteiger partial charge in [0.2, 0.25) is 0 Å². The van der Waals surface area contributed by atoms with Crippen molar-refractivity contribution in [2.24, 2.45) is 0 Å². The van der Waals surface area contributed by atoms with Gasteiger partial charge in [-0.15, -0.1) is 5.10 Å². The van der Waals surface area contributed by atoms with Crippen molar-refractivity contribution in [1.82, 2.24) is 44.7 Å². The normalized spacial score (nSPS) is 14.1. The van der Waals surface area contributed by atoms with E-state index in [9.17, 15) is 9.59 Å². The van der Waals surface area contributed by atoms with Gasteiger partial charge in [-0.3, -0.25) is 14.7 Å². The molecule has 1 amide bonds. The summed E-state index contributed by atoms with van der Waals surface area (Å²) in [6, 6.07) is 10.3. The van der Waals surface area contributed by atoms with Crippen molar-refractivity contribution >= 4 is 23.5 Å². The maximum Gasteiger partial charge on any atom is 0.412 e. The summed E-state index contributed by atoms with van der Waals surface area (Å²) in [7, 11) is 1.52. The summed E-state index contributed by atoms with van der Waals surface area (Å²) in [6.07, 6.45) is 3.62. The number of hydrogen-bond donors (Lipinski definition) is 2. The second-order valence-corrected chi connectivity index (χ2v) is 9.93. The highest BCUT2D eigenvalue weighted by molar-refractivity contribution is 6.31. The van der Waals surface area contributed by atoms with Crippen LogP contribution in [0.15, 0.2) is 53.7 Å². The van der Waals surface area contributed by atoms with Gasteiger partial charge >= 0.3 is 6.09 Å². The summed E-state index contributed by atoms with van der Waals surface area (Å²) in [5, 5.41) is 14.2. The van der Waals surface area contributed by atoms with Gasteiger partial charge in [0.1, 0.15) is 30.4 Å². The van der Waals surface area contributed by atoms with E-state index in [2.05, 4.69) is 35.8 Å². The van der Waals surface area contributed by atoms with Crippen LogP contribution in [0.5, 0.6) is 0 Å². The fourth-order valence-corrected chi connectivity index (χ4v) is 5.11. The van der Waals surface area contributed by atoms with Gasteiger partial charge in [-0.2, -0.15) is 4.68 Å². The number of methoxy groups -OCH3 is 1. The van der Waals surface area contributed by atoms with Gasteiger partial charge in [-0.1, -0.05) is 23.2 Å². The lowest BCUT2D eigenvalue weighted by Crippen LogP contribution is -2.25. The minimum Gasteiger partial charge on any atom is -0.447 e. The first-order valence-corrected chi connectivity index (χ1v) is 13.4. The molecule has 14 nitrogen and oxygen atoms in total. The summed E-state index contributed by atoms with van der Waals surface area (Å²) in [5.74, 6) is 1.50. The number of tetrazole rings is 1. The summed E-state index contributed by atoms with van der Waals surface area (Å²) >= 11 is 6.51. The predicted octanol–water partition coefficient (Wildman–Crippen LogP) is 3.36. The Hall–Kier alpha value is -4.95. The lowest BCUT2D eigenvalue weighted by atomic mass is 10.1. The molecule has 5 heterocycles. The summed E-state index contributed by atoms with van der Waals surface area (Å²) in [4.78, 5) is 42.2. The monoisotopic (exact) mass is 588 g/mol. The quantitative estimate of drug-likeness (QED) is 0.256. The topological polar surface area (TPSA) is 168 Å². The number of hydrogen-bond acceptors (Lipinski definition) is 10. The molecule has 0 spiro atoms. The molecule has 0 saturated heterocycles. The van der Waals surface area contributed by atoms with Crippen molar-refractivity contribution in [2.45, 2.75) is 25.8 Å². The van der Waals surface area contributed by atoms with Crippen molar-refractivity contribution in [2.75, 3.05) is 25.6 Å². The summed E-state index contributed by atoms with van der Waals surface area (Å²) in [5.41, 5.74) is 4.03. The number of halogens is 1. The SMILES string of the molecule is COCCOC(=O)Nc1ccc(-c2[nH]c([C@@H]3CCc4nc(-c5cc(C)ccc5-n5cnnn5)cc(=O)n43)nc2Cl)cn1. The molecule has 1 aliphatic heterocycles. The zero-order valence-corrected chi connectivity index (χ0v) is 23.4. The number of pyridine rings is 1. The maximum atomic E-state index is 13.5. The number of ether oxygens (including phenoxy) is 2. The van der Waals surface area contributed by atoms with Crippen LogP contribution in [0.3, 0.4) is 0 Å². The van der Waals surface area contributed by atoms with E-state index in [1.165, 1.54) is 19.5 Å². The predicted molar refractivity (Wildman–Crippen MR) is 152 cm³/mol. The van der Waals surface area contributed by atoms with Crippen molar-refractivity contribution in [3.8, 4) is 28.2 Å². The van der Waals surface area contributed by atoms with Crippen LogP contribution in [0.4, 0.5) is 10.6 Å². The molecule has 1 aliphatic rings. The molecule has 2 N–H and O–H groups in total.